The number of fused-ring (bicyclic) bond motifs is 1. The normalized spacial score (nSPS) is 18.3. The van der Waals surface area contributed by atoms with Gasteiger partial charge < -0.3 is 14.7 Å². The first-order chi connectivity index (χ1) is 17.3. The van der Waals surface area contributed by atoms with Gasteiger partial charge in [0.05, 0.1) is 13.3 Å². The Hall–Kier alpha value is -3.56. The van der Waals surface area contributed by atoms with Gasteiger partial charge in [0.25, 0.3) is 0 Å². The van der Waals surface area contributed by atoms with Gasteiger partial charge in [-0.15, -0.1) is 5.10 Å². The molecule has 1 aliphatic heterocycles. The summed E-state index contributed by atoms with van der Waals surface area (Å²) >= 11 is 0. The van der Waals surface area contributed by atoms with Gasteiger partial charge >= 0.3 is 0 Å². The summed E-state index contributed by atoms with van der Waals surface area (Å²) < 4.78 is 48.2. The molecule has 0 fully saturated rings. The summed E-state index contributed by atoms with van der Waals surface area (Å²) in [6.45, 7) is 4.42. The fourth-order valence-electron chi connectivity index (χ4n) is 4.64. The van der Waals surface area contributed by atoms with Crippen molar-refractivity contribution in [3.63, 3.8) is 0 Å². The maximum atomic E-state index is 14.7. The molecule has 4 rings (SSSR count). The van der Waals surface area contributed by atoms with Crippen LogP contribution < -0.4 is 9.64 Å². The molecule has 1 unspecified atom stereocenters. The van der Waals surface area contributed by atoms with E-state index < -0.39 is 22.9 Å². The Morgan fingerprint density at radius 1 is 1.08 bits per heavy atom. The van der Waals surface area contributed by atoms with E-state index in [-0.39, 0.29) is 34.7 Å². The van der Waals surface area contributed by atoms with Gasteiger partial charge in [-0.25, -0.2) is 13.2 Å². The molecule has 0 saturated heterocycles. The molecule has 3 aromatic carbocycles. The van der Waals surface area contributed by atoms with Crippen LogP contribution in [0.2, 0.25) is 0 Å². The quantitative estimate of drug-likeness (QED) is 0.162. The second kappa shape index (κ2) is 11.7. The molecule has 9 heteroatoms. The average Bonchev–Trinajstić information content (AvgIpc) is 3.11. The van der Waals surface area contributed by atoms with E-state index in [1.165, 1.54) is 6.21 Å². The molecule has 0 spiro atoms. The summed E-state index contributed by atoms with van der Waals surface area (Å²) in [5.41, 5.74) is 1.99. The van der Waals surface area contributed by atoms with E-state index >= 15 is 0 Å². The molecular weight excluding hydrogens is 526 g/mol. The van der Waals surface area contributed by atoms with E-state index in [1.807, 2.05) is 43.0 Å². The minimum absolute atomic E-state index is 0. The number of likely N-dealkylation sites (N-methyl/N-ethyl adjacent to an activating group) is 1. The van der Waals surface area contributed by atoms with Gasteiger partial charge in [0.1, 0.15) is 11.6 Å². The Morgan fingerprint density at radius 2 is 1.81 bits per heavy atom. The Balaban J connectivity index is 0.00000380. The fourth-order valence-corrected chi connectivity index (χ4v) is 4.64. The van der Waals surface area contributed by atoms with Crippen LogP contribution >= 0.6 is 0 Å². The van der Waals surface area contributed by atoms with Crippen molar-refractivity contribution >= 4 is 17.8 Å². The zero-order chi connectivity index (χ0) is 25.9. The van der Waals surface area contributed by atoms with Crippen molar-refractivity contribution in [2.24, 2.45) is 10.2 Å². The third-order valence-corrected chi connectivity index (χ3v) is 6.36. The molecule has 5 nitrogen and oxygen atoms in total. The SMILES string of the molecule is CCN1\C(=C/C=N/N=C(\O)c2ccccc2)C(C)(Cc2cc(F)cc(F)c2F)c2cc(OC)ccc21.[Co]. The maximum Gasteiger partial charge on any atom is 0.238 e. The van der Waals surface area contributed by atoms with Crippen molar-refractivity contribution in [2.75, 3.05) is 18.6 Å². The van der Waals surface area contributed by atoms with Crippen LogP contribution in [-0.2, 0) is 28.6 Å². The van der Waals surface area contributed by atoms with Crippen molar-refractivity contribution in [3.8, 4) is 5.75 Å². The zero-order valence-corrected chi connectivity index (χ0v) is 21.5. The Bertz CT molecular complexity index is 1360. The van der Waals surface area contributed by atoms with Crippen LogP contribution in [0.1, 0.15) is 30.5 Å². The van der Waals surface area contributed by atoms with E-state index in [2.05, 4.69) is 10.2 Å². The van der Waals surface area contributed by atoms with Crippen molar-refractivity contribution in [2.45, 2.75) is 25.7 Å². The molecule has 1 atom stereocenters. The summed E-state index contributed by atoms with van der Waals surface area (Å²) in [5, 5.41) is 18.0. The fraction of sp³-hybridized carbons (Fsp3) is 0.214. The van der Waals surface area contributed by atoms with Crippen molar-refractivity contribution in [1.29, 1.82) is 0 Å². The van der Waals surface area contributed by atoms with Gasteiger partial charge in [-0.05, 0) is 73.9 Å². The summed E-state index contributed by atoms with van der Waals surface area (Å²) in [5.74, 6) is -2.79. The number of benzene rings is 3. The van der Waals surface area contributed by atoms with Crippen LogP contribution in [0, 0.1) is 17.5 Å². The number of ether oxygens (including phenoxy) is 1. The van der Waals surface area contributed by atoms with Crippen molar-refractivity contribution in [1.82, 2.24) is 0 Å². The van der Waals surface area contributed by atoms with Crippen molar-refractivity contribution in [3.05, 3.63) is 107 Å². The molecular formula is C28H26CoF3N3O2. The second-order valence-corrected chi connectivity index (χ2v) is 8.60. The summed E-state index contributed by atoms with van der Waals surface area (Å²) in [4.78, 5) is 2.02. The minimum Gasteiger partial charge on any atom is -0.497 e. The van der Waals surface area contributed by atoms with Crippen LogP contribution in [0.15, 0.2) is 82.6 Å². The van der Waals surface area contributed by atoms with Gasteiger partial charge in [0, 0.05) is 51.8 Å². The molecule has 0 aromatic heterocycles. The van der Waals surface area contributed by atoms with E-state index in [4.69, 9.17) is 4.74 Å². The number of rotatable bonds is 7. The topological polar surface area (TPSA) is 57.4 Å². The number of aliphatic hydroxyl groups excluding tert-OH is 1. The van der Waals surface area contributed by atoms with Crippen LogP contribution in [0.25, 0.3) is 0 Å². The van der Waals surface area contributed by atoms with Crippen LogP contribution in [-0.4, -0.2) is 30.9 Å². The zero-order valence-electron chi connectivity index (χ0n) is 20.5. The second-order valence-electron chi connectivity index (χ2n) is 8.60. The summed E-state index contributed by atoms with van der Waals surface area (Å²) in [7, 11) is 1.55. The summed E-state index contributed by atoms with van der Waals surface area (Å²) in [6, 6.07) is 15.9. The largest absolute Gasteiger partial charge is 0.497 e. The molecule has 0 amide bonds. The van der Waals surface area contributed by atoms with Gasteiger partial charge in [-0.2, -0.15) is 5.10 Å². The van der Waals surface area contributed by atoms with Crippen LogP contribution in [0.4, 0.5) is 18.9 Å². The minimum atomic E-state index is -1.23. The molecule has 1 radical (unpaired) electrons. The number of aliphatic hydroxyl groups is 1. The first kappa shape index (κ1) is 28.0. The molecule has 195 valence electrons. The Morgan fingerprint density at radius 3 is 2.49 bits per heavy atom. The third-order valence-electron chi connectivity index (χ3n) is 6.36. The van der Waals surface area contributed by atoms with E-state index in [0.29, 0.717) is 23.9 Å². The Kier molecular flexibility index (Phi) is 8.83. The Labute approximate surface area is 224 Å². The van der Waals surface area contributed by atoms with Gasteiger partial charge in [-0.3, -0.25) is 0 Å². The monoisotopic (exact) mass is 552 g/mol. The number of methoxy groups -OCH3 is 1. The van der Waals surface area contributed by atoms with Gasteiger partial charge in [-0.1, -0.05) is 18.2 Å². The molecule has 37 heavy (non-hydrogen) atoms. The number of nitrogens with zero attached hydrogens (tertiary/aromatic N) is 3. The maximum absolute atomic E-state index is 14.7. The molecule has 1 heterocycles. The number of halogens is 3. The van der Waals surface area contributed by atoms with Crippen LogP contribution in [0.5, 0.6) is 5.75 Å². The van der Waals surface area contributed by atoms with E-state index in [9.17, 15) is 18.3 Å². The predicted molar refractivity (Wildman–Crippen MR) is 136 cm³/mol. The molecule has 1 aliphatic rings. The molecule has 0 aliphatic carbocycles. The smallest absolute Gasteiger partial charge is 0.238 e. The number of anilines is 1. The van der Waals surface area contributed by atoms with Crippen LogP contribution in [0.3, 0.4) is 0 Å². The van der Waals surface area contributed by atoms with Crippen molar-refractivity contribution < 1.29 is 39.8 Å². The molecule has 0 saturated carbocycles. The molecule has 0 bridgehead atoms. The first-order valence-corrected chi connectivity index (χ1v) is 11.4. The predicted octanol–water partition coefficient (Wildman–Crippen LogP) is 6.32. The standard InChI is InChI=1S/C28H26F3N3O2.Co/c1-4-34-24-11-10-21(36-3)16-22(24)28(2,17-19-14-20(29)15-23(30)26(19)31)25(34)12-13-32-33-27(35)18-8-6-5-7-9-18;/h5-16H,4,17H2,1-3H3,(H,33,35);/b25-12-,32-13+;. The number of hydrogen-bond acceptors (Lipinski definition) is 4. The third kappa shape index (κ3) is 5.57. The molecule has 1 N–H and O–H groups in total. The summed E-state index contributed by atoms with van der Waals surface area (Å²) in [6.07, 6.45) is 3.13. The first-order valence-electron chi connectivity index (χ1n) is 11.4. The molecule has 3 aromatic rings. The van der Waals surface area contributed by atoms with E-state index in [0.717, 1.165) is 23.0 Å². The van der Waals surface area contributed by atoms with Gasteiger partial charge in [0.15, 0.2) is 11.6 Å². The number of allylic oxidation sites excluding steroid dienone is 2. The van der Waals surface area contributed by atoms with E-state index in [1.54, 1.807) is 37.5 Å². The number of hydrogen-bond donors (Lipinski definition) is 1. The van der Waals surface area contributed by atoms with Gasteiger partial charge in [0.2, 0.25) is 5.90 Å². The average molecular weight is 552 g/mol.